The summed E-state index contributed by atoms with van der Waals surface area (Å²) < 4.78 is 31.2. The molecule has 0 bridgehead atoms. The number of nitrogens with one attached hydrogen (secondary N) is 2. The van der Waals surface area contributed by atoms with Gasteiger partial charge in [0, 0.05) is 33.4 Å². The molecule has 10 N–H and O–H groups in total. The average molecular weight is 591 g/mol. The summed E-state index contributed by atoms with van der Waals surface area (Å²) in [5.74, 6) is -0.662. The van der Waals surface area contributed by atoms with E-state index in [1.807, 2.05) is 0 Å². The second-order valence-electron chi connectivity index (χ2n) is 11.2. The number of hydrogen-bond acceptors (Lipinski definition) is 11. The van der Waals surface area contributed by atoms with E-state index >= 15 is 0 Å². The number of carbonyl (C=O) groups is 2. The third kappa shape index (κ3) is 14.5. The van der Waals surface area contributed by atoms with E-state index in [0.29, 0.717) is 84.7 Å². The number of nitrogens with two attached hydrogens (primary N) is 4. The zero-order chi connectivity index (χ0) is 30.7. The number of ether oxygens (including phenoxy) is 5. The fourth-order valence-electron chi connectivity index (χ4n) is 4.42. The zero-order valence-corrected chi connectivity index (χ0v) is 25.7. The van der Waals surface area contributed by atoms with Gasteiger partial charge in [0.2, 0.25) is 11.8 Å². The van der Waals surface area contributed by atoms with E-state index in [9.17, 15) is 9.59 Å². The Kier molecular flexibility index (Phi) is 19.5. The highest BCUT2D eigenvalue weighted by Crippen LogP contribution is 2.30. The van der Waals surface area contributed by atoms with Crippen LogP contribution < -0.4 is 33.6 Å². The molecule has 13 heteroatoms. The minimum absolute atomic E-state index is 0.177. The fourth-order valence-corrected chi connectivity index (χ4v) is 4.42. The van der Waals surface area contributed by atoms with Crippen molar-refractivity contribution < 1.29 is 33.3 Å². The highest BCUT2D eigenvalue weighted by molar-refractivity contribution is 5.87. The number of hydrogen-bond donors (Lipinski definition) is 6. The predicted octanol–water partition coefficient (Wildman–Crippen LogP) is -0.274. The quantitative estimate of drug-likeness (QED) is 0.0853. The minimum atomic E-state index is -0.901. The van der Waals surface area contributed by atoms with E-state index in [1.54, 1.807) is 0 Å². The molecule has 2 amide bonds. The van der Waals surface area contributed by atoms with Gasteiger partial charge in [-0.15, -0.1) is 0 Å². The maximum absolute atomic E-state index is 13.7. The minimum Gasteiger partial charge on any atom is -0.379 e. The van der Waals surface area contributed by atoms with Crippen molar-refractivity contribution in [1.82, 2.24) is 10.6 Å². The lowest BCUT2D eigenvalue weighted by molar-refractivity contribution is -0.270. The van der Waals surface area contributed by atoms with E-state index < -0.39 is 36.7 Å². The fraction of sp³-hybridized carbons (Fsp3) is 0.929. The van der Waals surface area contributed by atoms with Crippen LogP contribution in [0.15, 0.2) is 0 Å². The second-order valence-corrected chi connectivity index (χ2v) is 11.2. The molecule has 41 heavy (non-hydrogen) atoms. The first-order valence-corrected chi connectivity index (χ1v) is 15.1. The maximum atomic E-state index is 13.7. The zero-order valence-electron chi connectivity index (χ0n) is 25.7. The number of carbonyl (C=O) groups excluding carboxylic acids is 2. The normalized spacial score (nSPS) is 23.8. The summed E-state index contributed by atoms with van der Waals surface area (Å²) >= 11 is 0. The second kappa shape index (κ2) is 21.3. The average Bonchev–Trinajstić information content (AvgIpc) is 2.93. The van der Waals surface area contributed by atoms with Gasteiger partial charge in [0.15, 0.2) is 6.23 Å². The summed E-state index contributed by atoms with van der Waals surface area (Å²) in [5, 5.41) is 5.80. The monoisotopic (exact) mass is 590 g/mol. The van der Waals surface area contributed by atoms with Crippen LogP contribution in [0.1, 0.15) is 66.2 Å². The highest BCUT2D eigenvalue weighted by atomic mass is 16.6. The van der Waals surface area contributed by atoms with Gasteiger partial charge >= 0.3 is 0 Å². The lowest BCUT2D eigenvalue weighted by Gasteiger charge is -2.46. The Balaban J connectivity index is 3.36. The Morgan fingerprint density at radius 2 is 1.34 bits per heavy atom. The molecular formula is C28H58N6O7. The van der Waals surface area contributed by atoms with Crippen molar-refractivity contribution in [2.24, 2.45) is 28.3 Å². The summed E-state index contributed by atoms with van der Waals surface area (Å²) in [4.78, 5) is 25.7. The molecule has 13 nitrogen and oxygen atoms in total. The Hall–Kier alpha value is -1.42. The van der Waals surface area contributed by atoms with Crippen molar-refractivity contribution >= 4 is 11.8 Å². The molecule has 1 rings (SSSR count). The number of amides is 2. The van der Waals surface area contributed by atoms with E-state index in [-0.39, 0.29) is 23.8 Å². The molecule has 0 aromatic heterocycles. The Morgan fingerprint density at radius 3 is 1.85 bits per heavy atom. The van der Waals surface area contributed by atoms with Gasteiger partial charge in [-0.25, -0.2) is 0 Å². The van der Waals surface area contributed by atoms with E-state index in [1.165, 1.54) is 6.92 Å². The largest absolute Gasteiger partial charge is 0.379 e. The molecule has 0 spiro atoms. The van der Waals surface area contributed by atoms with Gasteiger partial charge in [-0.3, -0.25) is 9.59 Å². The van der Waals surface area contributed by atoms with Crippen molar-refractivity contribution in [1.29, 1.82) is 0 Å². The molecule has 6 atom stereocenters. The van der Waals surface area contributed by atoms with Gasteiger partial charge in [0.05, 0.1) is 6.61 Å². The smallest absolute Gasteiger partial charge is 0.244 e. The first-order valence-electron chi connectivity index (χ1n) is 15.1. The molecule has 0 aliphatic carbocycles. The summed E-state index contributed by atoms with van der Waals surface area (Å²) in [5.41, 5.74) is 22.7. The van der Waals surface area contributed by atoms with Crippen LogP contribution in [0.3, 0.4) is 0 Å². The molecule has 0 aromatic rings. The molecule has 242 valence electrons. The predicted molar refractivity (Wildman–Crippen MR) is 158 cm³/mol. The van der Waals surface area contributed by atoms with Gasteiger partial charge in [-0.05, 0) is 63.7 Å². The summed E-state index contributed by atoms with van der Waals surface area (Å²) in [7, 11) is 0. The molecule has 1 heterocycles. The van der Waals surface area contributed by atoms with Crippen LogP contribution >= 0.6 is 0 Å². The van der Waals surface area contributed by atoms with Gasteiger partial charge < -0.3 is 57.3 Å². The topological polar surface area (TPSA) is 208 Å². The third-order valence-electron chi connectivity index (χ3n) is 7.08. The first kappa shape index (κ1) is 37.6. The third-order valence-corrected chi connectivity index (χ3v) is 7.08. The molecule has 6 unspecified atom stereocenters. The molecule has 0 aromatic carbocycles. The van der Waals surface area contributed by atoms with Crippen LogP contribution in [0.2, 0.25) is 0 Å². The Labute approximate surface area is 246 Å². The first-order chi connectivity index (χ1) is 19.6. The molecular weight excluding hydrogens is 532 g/mol. The van der Waals surface area contributed by atoms with Gasteiger partial charge in [0.1, 0.15) is 30.5 Å². The van der Waals surface area contributed by atoms with Crippen LogP contribution in [0.5, 0.6) is 0 Å². The maximum Gasteiger partial charge on any atom is 0.244 e. The molecule has 1 fully saturated rings. The van der Waals surface area contributed by atoms with Crippen LogP contribution in [0.4, 0.5) is 0 Å². The Morgan fingerprint density at radius 1 is 0.829 bits per heavy atom. The lowest BCUT2D eigenvalue weighted by atomic mass is 9.83. The molecule has 1 aliphatic rings. The van der Waals surface area contributed by atoms with Crippen LogP contribution in [0, 0.1) is 5.41 Å². The lowest BCUT2D eigenvalue weighted by Crippen LogP contribution is -2.66. The van der Waals surface area contributed by atoms with Gasteiger partial charge in [0.25, 0.3) is 0 Å². The van der Waals surface area contributed by atoms with E-state index in [0.717, 1.165) is 6.42 Å². The van der Waals surface area contributed by atoms with Crippen LogP contribution in [0.25, 0.3) is 0 Å². The number of rotatable bonds is 23. The summed E-state index contributed by atoms with van der Waals surface area (Å²) in [6.45, 7) is 11.2. The summed E-state index contributed by atoms with van der Waals surface area (Å²) in [6, 6.07) is -0.759. The SMILES string of the molecule is CCC(C)(C)CC(NC(C)=O)C(=O)NC1OC(COCCCN)C(OCCCN)C(OCCCN)C1OCCCN. The van der Waals surface area contributed by atoms with Crippen molar-refractivity contribution in [3.05, 3.63) is 0 Å². The van der Waals surface area contributed by atoms with E-state index in [2.05, 4.69) is 31.4 Å². The van der Waals surface area contributed by atoms with Crippen molar-refractivity contribution in [3.63, 3.8) is 0 Å². The van der Waals surface area contributed by atoms with Crippen LogP contribution in [-0.4, -0.2) is 108 Å². The van der Waals surface area contributed by atoms with Crippen molar-refractivity contribution in [2.45, 2.75) is 103 Å². The van der Waals surface area contributed by atoms with Crippen molar-refractivity contribution in [2.75, 3.05) is 59.2 Å². The van der Waals surface area contributed by atoms with Crippen LogP contribution in [-0.2, 0) is 33.3 Å². The summed E-state index contributed by atoms with van der Waals surface area (Å²) in [6.07, 6.45) is 0.503. The molecule has 1 aliphatic heterocycles. The molecule has 0 saturated carbocycles. The van der Waals surface area contributed by atoms with Crippen molar-refractivity contribution in [3.8, 4) is 0 Å². The van der Waals surface area contributed by atoms with Gasteiger partial charge in [-0.1, -0.05) is 27.2 Å². The standard InChI is InChI=1S/C28H58N6O7/c1-5-28(3,4)18-21(33-20(2)35)26(36)34-27-25(40-17-9-13-32)24(39-16-8-12-31)23(38-15-7-11-30)22(41-27)19-37-14-6-10-29/h21-25,27H,5-19,29-32H2,1-4H3,(H,33,35)(H,34,36). The van der Waals surface area contributed by atoms with Gasteiger partial charge in [-0.2, -0.15) is 0 Å². The Bertz CT molecular complexity index is 717. The highest BCUT2D eigenvalue weighted by Gasteiger charge is 2.49. The molecule has 0 radical (unpaired) electrons. The van der Waals surface area contributed by atoms with E-state index in [4.69, 9.17) is 46.6 Å². The molecule has 1 saturated heterocycles.